The maximum Gasteiger partial charge on any atom is 0.240 e. The van der Waals surface area contributed by atoms with E-state index in [2.05, 4.69) is 10.3 Å². The van der Waals surface area contributed by atoms with Crippen LogP contribution in [0.5, 0.6) is 5.75 Å². The van der Waals surface area contributed by atoms with Crippen LogP contribution in [0.4, 0.5) is 4.39 Å². The van der Waals surface area contributed by atoms with Crippen LogP contribution < -0.4 is 5.32 Å². The first-order valence-corrected chi connectivity index (χ1v) is 12.1. The number of likely N-dealkylation sites (tertiary alicyclic amines) is 1. The van der Waals surface area contributed by atoms with Gasteiger partial charge in [-0.05, 0) is 47.4 Å². The van der Waals surface area contributed by atoms with E-state index in [1.807, 2.05) is 51.9 Å². The van der Waals surface area contributed by atoms with Crippen LogP contribution in [0.1, 0.15) is 40.4 Å². The average molecular weight is 496 g/mol. The van der Waals surface area contributed by atoms with E-state index < -0.39 is 5.82 Å². The summed E-state index contributed by atoms with van der Waals surface area (Å²) >= 11 is 0. The number of aromatic nitrogens is 2. The molecule has 37 heavy (non-hydrogen) atoms. The van der Waals surface area contributed by atoms with Gasteiger partial charge in [0.25, 0.3) is 0 Å². The summed E-state index contributed by atoms with van der Waals surface area (Å²) in [5.41, 5.74) is 3.43. The number of phenolic OH excluding ortho intramolecular Hbond substituents is 1. The van der Waals surface area contributed by atoms with E-state index in [9.17, 15) is 14.3 Å². The molecule has 0 radical (unpaired) electrons. The van der Waals surface area contributed by atoms with Gasteiger partial charge in [0, 0.05) is 25.8 Å². The van der Waals surface area contributed by atoms with Crippen molar-refractivity contribution in [2.24, 2.45) is 0 Å². The molecule has 2 atom stereocenters. The fraction of sp³-hybridized carbons (Fsp3) is 0.207. The van der Waals surface area contributed by atoms with E-state index in [1.165, 1.54) is 12.1 Å². The second kappa shape index (κ2) is 10.6. The zero-order valence-electron chi connectivity index (χ0n) is 20.1. The van der Waals surface area contributed by atoms with Gasteiger partial charge in [0.05, 0.1) is 29.7 Å². The SMILES string of the molecule is N#Cc1ccc(Cn2cncc2CN[C@H]2CCN([C@@H](c3ccccc3)c3cccc(O)c3)C2=O)cc1F. The minimum Gasteiger partial charge on any atom is -0.508 e. The number of rotatable bonds is 8. The predicted molar refractivity (Wildman–Crippen MR) is 136 cm³/mol. The zero-order valence-corrected chi connectivity index (χ0v) is 20.1. The van der Waals surface area contributed by atoms with Crippen molar-refractivity contribution in [3.8, 4) is 11.8 Å². The summed E-state index contributed by atoms with van der Waals surface area (Å²) in [6.07, 6.45) is 4.04. The number of hydrogen-bond donors (Lipinski definition) is 2. The monoisotopic (exact) mass is 495 g/mol. The number of carbonyl (C=O) groups excluding carboxylic acids is 1. The molecule has 0 aliphatic carbocycles. The minimum atomic E-state index is -0.545. The molecular weight excluding hydrogens is 469 g/mol. The van der Waals surface area contributed by atoms with E-state index >= 15 is 0 Å². The molecule has 2 heterocycles. The van der Waals surface area contributed by atoms with E-state index in [0.29, 0.717) is 26.1 Å². The smallest absolute Gasteiger partial charge is 0.240 e. The Kier molecular flexibility index (Phi) is 6.97. The van der Waals surface area contributed by atoms with E-state index in [4.69, 9.17) is 5.26 Å². The molecule has 2 N–H and O–H groups in total. The Morgan fingerprint density at radius 1 is 1.11 bits per heavy atom. The molecule has 4 aromatic rings. The number of imidazole rings is 1. The number of nitrogens with one attached hydrogen (secondary N) is 1. The first kappa shape index (κ1) is 24.2. The fourth-order valence-corrected chi connectivity index (χ4v) is 4.84. The van der Waals surface area contributed by atoms with Gasteiger partial charge in [-0.2, -0.15) is 5.26 Å². The summed E-state index contributed by atoms with van der Waals surface area (Å²) in [7, 11) is 0. The van der Waals surface area contributed by atoms with Crippen LogP contribution in [0, 0.1) is 17.1 Å². The van der Waals surface area contributed by atoms with Crippen molar-refractivity contribution in [2.45, 2.75) is 31.6 Å². The lowest BCUT2D eigenvalue weighted by Crippen LogP contribution is -2.40. The summed E-state index contributed by atoms with van der Waals surface area (Å²) in [6, 6.07) is 22.6. The first-order chi connectivity index (χ1) is 18.0. The molecule has 0 saturated carbocycles. The standard InChI is InChI=1S/C29H26FN5O2/c30-26-13-20(9-10-23(26)15-31)18-34-19-32-16-24(34)17-33-27-11-12-35(29(27)37)28(21-5-2-1-3-6-21)22-7-4-8-25(36)14-22/h1-10,13-14,16,19,27-28,33,36H,11-12,17-18H2/t27-,28-/m0/s1. The van der Waals surface area contributed by atoms with Gasteiger partial charge in [-0.25, -0.2) is 9.37 Å². The van der Waals surface area contributed by atoms with Crippen molar-refractivity contribution in [2.75, 3.05) is 6.54 Å². The quantitative estimate of drug-likeness (QED) is 0.383. The van der Waals surface area contributed by atoms with Gasteiger partial charge in [-0.1, -0.05) is 48.5 Å². The van der Waals surface area contributed by atoms with Crippen molar-refractivity contribution in [1.82, 2.24) is 19.8 Å². The number of nitriles is 1. The number of benzene rings is 3. The lowest BCUT2D eigenvalue weighted by Gasteiger charge is -2.29. The third kappa shape index (κ3) is 5.22. The van der Waals surface area contributed by atoms with Gasteiger partial charge in [0.2, 0.25) is 5.91 Å². The van der Waals surface area contributed by atoms with Gasteiger partial charge in [0.15, 0.2) is 0 Å². The summed E-state index contributed by atoms with van der Waals surface area (Å²) < 4.78 is 15.9. The van der Waals surface area contributed by atoms with Crippen LogP contribution in [-0.2, 0) is 17.9 Å². The highest BCUT2D eigenvalue weighted by molar-refractivity contribution is 5.85. The molecule has 1 fully saturated rings. The molecule has 0 bridgehead atoms. The maximum absolute atomic E-state index is 14.0. The number of carbonyl (C=O) groups is 1. The molecule has 8 heteroatoms. The molecular formula is C29H26FN5O2. The molecule has 1 amide bonds. The van der Waals surface area contributed by atoms with Crippen LogP contribution >= 0.6 is 0 Å². The zero-order chi connectivity index (χ0) is 25.8. The van der Waals surface area contributed by atoms with E-state index in [0.717, 1.165) is 22.4 Å². The second-order valence-electron chi connectivity index (χ2n) is 9.10. The Bertz CT molecular complexity index is 1450. The Hall–Kier alpha value is -4.48. The Balaban J connectivity index is 1.29. The molecule has 1 aromatic heterocycles. The number of amides is 1. The van der Waals surface area contributed by atoms with Crippen LogP contribution in [0.2, 0.25) is 0 Å². The highest BCUT2D eigenvalue weighted by Gasteiger charge is 2.37. The van der Waals surface area contributed by atoms with Crippen molar-refractivity contribution < 1.29 is 14.3 Å². The molecule has 3 aromatic carbocycles. The molecule has 1 aliphatic heterocycles. The van der Waals surface area contributed by atoms with Gasteiger partial charge in [-0.3, -0.25) is 4.79 Å². The predicted octanol–water partition coefficient (Wildman–Crippen LogP) is 4.13. The number of nitrogens with zero attached hydrogens (tertiary/aromatic N) is 4. The average Bonchev–Trinajstić information content (AvgIpc) is 3.50. The first-order valence-electron chi connectivity index (χ1n) is 12.1. The van der Waals surface area contributed by atoms with Crippen LogP contribution in [0.3, 0.4) is 0 Å². The molecule has 0 unspecified atom stereocenters. The van der Waals surface area contributed by atoms with Gasteiger partial charge >= 0.3 is 0 Å². The van der Waals surface area contributed by atoms with Crippen LogP contribution in [0.25, 0.3) is 0 Å². The number of hydrogen-bond acceptors (Lipinski definition) is 5. The number of halogens is 1. The van der Waals surface area contributed by atoms with Gasteiger partial charge in [-0.15, -0.1) is 0 Å². The van der Waals surface area contributed by atoms with E-state index in [1.54, 1.807) is 36.8 Å². The van der Waals surface area contributed by atoms with Crippen molar-refractivity contribution in [1.29, 1.82) is 5.26 Å². The van der Waals surface area contributed by atoms with Crippen LogP contribution in [0.15, 0.2) is 85.3 Å². The topological polar surface area (TPSA) is 94.2 Å². The molecule has 1 aliphatic rings. The second-order valence-corrected chi connectivity index (χ2v) is 9.10. The maximum atomic E-state index is 14.0. The van der Waals surface area contributed by atoms with Gasteiger partial charge < -0.3 is 19.9 Å². The third-order valence-electron chi connectivity index (χ3n) is 6.69. The summed E-state index contributed by atoms with van der Waals surface area (Å²) in [5.74, 6) is -0.385. The molecule has 0 spiro atoms. The summed E-state index contributed by atoms with van der Waals surface area (Å²) in [4.78, 5) is 19.6. The molecule has 186 valence electrons. The minimum absolute atomic E-state index is 0.00238. The van der Waals surface area contributed by atoms with Crippen molar-refractivity contribution >= 4 is 5.91 Å². The van der Waals surface area contributed by atoms with Crippen molar-refractivity contribution in [3.05, 3.63) is 119 Å². The summed E-state index contributed by atoms with van der Waals surface area (Å²) in [5, 5.41) is 22.4. The highest BCUT2D eigenvalue weighted by atomic mass is 19.1. The number of phenols is 1. The van der Waals surface area contributed by atoms with Crippen LogP contribution in [-0.4, -0.2) is 38.1 Å². The molecule has 1 saturated heterocycles. The molecule has 5 rings (SSSR count). The van der Waals surface area contributed by atoms with Gasteiger partial charge in [0.1, 0.15) is 17.6 Å². The normalized spacial score (nSPS) is 16.1. The number of aromatic hydroxyl groups is 1. The Morgan fingerprint density at radius 3 is 2.68 bits per heavy atom. The third-order valence-corrected chi connectivity index (χ3v) is 6.69. The molecule has 7 nitrogen and oxygen atoms in total. The largest absolute Gasteiger partial charge is 0.508 e. The Morgan fingerprint density at radius 2 is 1.92 bits per heavy atom. The van der Waals surface area contributed by atoms with Crippen molar-refractivity contribution in [3.63, 3.8) is 0 Å². The lowest BCUT2D eigenvalue weighted by molar-refractivity contribution is -0.130. The summed E-state index contributed by atoms with van der Waals surface area (Å²) in [6.45, 7) is 1.40. The lowest BCUT2D eigenvalue weighted by atomic mass is 9.97. The Labute approximate surface area is 214 Å². The van der Waals surface area contributed by atoms with E-state index in [-0.39, 0.29) is 29.3 Å². The fourth-order valence-electron chi connectivity index (χ4n) is 4.84. The highest BCUT2D eigenvalue weighted by Crippen LogP contribution is 2.33.